The van der Waals surface area contributed by atoms with Gasteiger partial charge in [0.15, 0.2) is 0 Å². The van der Waals surface area contributed by atoms with Crippen LogP contribution in [0.4, 0.5) is 0 Å². The van der Waals surface area contributed by atoms with Crippen molar-refractivity contribution in [2.24, 2.45) is 16.6 Å². The highest BCUT2D eigenvalue weighted by molar-refractivity contribution is 5.85. The molecule has 0 aliphatic carbocycles. The van der Waals surface area contributed by atoms with E-state index in [4.69, 9.17) is 10.5 Å². The summed E-state index contributed by atoms with van der Waals surface area (Å²) in [5.41, 5.74) is 5.78. The van der Waals surface area contributed by atoms with Crippen molar-refractivity contribution in [1.29, 1.82) is 0 Å². The van der Waals surface area contributed by atoms with Crippen LogP contribution in [0, 0.1) is 10.8 Å². The van der Waals surface area contributed by atoms with Gasteiger partial charge in [0, 0.05) is 31.7 Å². The molecule has 1 spiro atoms. The Kier molecular flexibility index (Phi) is 5.65. The molecule has 4 nitrogen and oxygen atoms in total. The minimum atomic E-state index is -0.342. The maximum absolute atomic E-state index is 12.7. The highest BCUT2D eigenvalue weighted by Gasteiger charge is 2.46. The van der Waals surface area contributed by atoms with Gasteiger partial charge >= 0.3 is 0 Å². The number of ether oxygens (including phenoxy) is 1. The lowest BCUT2D eigenvalue weighted by Gasteiger charge is -2.34. The molecule has 0 saturated carbocycles. The van der Waals surface area contributed by atoms with Crippen LogP contribution in [-0.4, -0.2) is 43.7 Å². The number of likely N-dealkylation sites (tertiary alicyclic amines) is 1. The molecule has 1 atom stereocenters. The second-order valence-corrected chi connectivity index (χ2v) is 5.97. The first kappa shape index (κ1) is 16.7. The number of carbonyl (C=O) groups is 1. The summed E-state index contributed by atoms with van der Waals surface area (Å²) in [4.78, 5) is 14.7. The van der Waals surface area contributed by atoms with E-state index >= 15 is 0 Å². The molecule has 0 aromatic carbocycles. The molecule has 1 amide bonds. The Hall–Kier alpha value is -0.320. The maximum atomic E-state index is 12.7. The number of carbonyl (C=O) groups excluding carboxylic acids is 1. The Morgan fingerprint density at radius 3 is 2.53 bits per heavy atom. The first-order valence-electron chi connectivity index (χ1n) is 7.18. The Labute approximate surface area is 122 Å². The molecule has 0 aromatic heterocycles. The summed E-state index contributed by atoms with van der Waals surface area (Å²) < 4.78 is 5.51. The molecule has 2 rings (SSSR count). The molecule has 0 bridgehead atoms. The lowest BCUT2D eigenvalue weighted by molar-refractivity contribution is -0.141. The van der Waals surface area contributed by atoms with Crippen molar-refractivity contribution in [2.45, 2.75) is 39.5 Å². The van der Waals surface area contributed by atoms with Crippen molar-refractivity contribution in [2.75, 3.05) is 32.8 Å². The van der Waals surface area contributed by atoms with Gasteiger partial charge in [-0.2, -0.15) is 0 Å². The fraction of sp³-hybridized carbons (Fsp3) is 0.929. The molecule has 2 aliphatic rings. The standard InChI is InChI=1S/C14H26N2O2.ClH/c1-3-14(4-2,9-15)12(17)16-7-5-13(10-16)6-8-18-11-13;/h3-11,15H2,1-2H3;1H. The molecule has 19 heavy (non-hydrogen) atoms. The maximum Gasteiger partial charge on any atom is 0.230 e. The highest BCUT2D eigenvalue weighted by atomic mass is 35.5. The van der Waals surface area contributed by atoms with Gasteiger partial charge in [-0.15, -0.1) is 12.4 Å². The molecule has 112 valence electrons. The summed E-state index contributed by atoms with van der Waals surface area (Å²) in [5, 5.41) is 0. The predicted octanol–water partition coefficient (Wildman–Crippen LogP) is 1.81. The quantitative estimate of drug-likeness (QED) is 0.859. The summed E-state index contributed by atoms with van der Waals surface area (Å²) in [7, 11) is 0. The van der Waals surface area contributed by atoms with Gasteiger partial charge in [0.05, 0.1) is 12.0 Å². The fourth-order valence-corrected chi connectivity index (χ4v) is 3.34. The average Bonchev–Trinajstić information content (AvgIpc) is 3.03. The van der Waals surface area contributed by atoms with Crippen LogP contribution < -0.4 is 5.73 Å². The van der Waals surface area contributed by atoms with Gasteiger partial charge in [0.1, 0.15) is 0 Å². The van der Waals surface area contributed by atoms with Gasteiger partial charge in [-0.1, -0.05) is 13.8 Å². The van der Waals surface area contributed by atoms with Crippen LogP contribution in [0.15, 0.2) is 0 Å². The van der Waals surface area contributed by atoms with Crippen molar-refractivity contribution in [3.63, 3.8) is 0 Å². The number of hydrogen-bond acceptors (Lipinski definition) is 3. The monoisotopic (exact) mass is 290 g/mol. The number of nitrogens with zero attached hydrogens (tertiary/aromatic N) is 1. The van der Waals surface area contributed by atoms with Crippen LogP contribution in [-0.2, 0) is 9.53 Å². The van der Waals surface area contributed by atoms with E-state index in [1.54, 1.807) is 0 Å². The number of rotatable bonds is 4. The minimum absolute atomic E-state index is 0. The minimum Gasteiger partial charge on any atom is -0.381 e. The molecule has 2 saturated heterocycles. The first-order chi connectivity index (χ1) is 8.61. The van der Waals surface area contributed by atoms with Gasteiger partial charge < -0.3 is 15.4 Å². The van der Waals surface area contributed by atoms with E-state index in [1.807, 2.05) is 4.90 Å². The largest absolute Gasteiger partial charge is 0.381 e. The van der Waals surface area contributed by atoms with Crippen LogP contribution >= 0.6 is 12.4 Å². The Morgan fingerprint density at radius 1 is 1.37 bits per heavy atom. The third-order valence-electron chi connectivity index (χ3n) is 5.11. The molecular formula is C14H27ClN2O2. The second kappa shape index (κ2) is 6.42. The predicted molar refractivity (Wildman–Crippen MR) is 78.4 cm³/mol. The zero-order valence-electron chi connectivity index (χ0n) is 12.1. The van der Waals surface area contributed by atoms with Gasteiger partial charge in [-0.3, -0.25) is 4.79 Å². The van der Waals surface area contributed by atoms with Gasteiger partial charge in [-0.25, -0.2) is 0 Å². The van der Waals surface area contributed by atoms with E-state index in [-0.39, 0.29) is 29.1 Å². The summed E-state index contributed by atoms with van der Waals surface area (Å²) in [6, 6.07) is 0. The lowest BCUT2D eigenvalue weighted by atomic mass is 9.80. The van der Waals surface area contributed by atoms with E-state index < -0.39 is 0 Å². The van der Waals surface area contributed by atoms with Gasteiger partial charge in [-0.05, 0) is 25.7 Å². The topological polar surface area (TPSA) is 55.6 Å². The van der Waals surface area contributed by atoms with Crippen LogP contribution in [0.5, 0.6) is 0 Å². The van der Waals surface area contributed by atoms with Crippen molar-refractivity contribution < 1.29 is 9.53 Å². The molecule has 0 aromatic rings. The summed E-state index contributed by atoms with van der Waals surface area (Å²) in [6.07, 6.45) is 3.86. The van der Waals surface area contributed by atoms with Crippen LogP contribution in [0.1, 0.15) is 39.5 Å². The summed E-state index contributed by atoms with van der Waals surface area (Å²) >= 11 is 0. The second-order valence-electron chi connectivity index (χ2n) is 5.97. The Bertz CT molecular complexity index is 304. The van der Waals surface area contributed by atoms with Crippen molar-refractivity contribution in [1.82, 2.24) is 4.90 Å². The zero-order valence-corrected chi connectivity index (χ0v) is 12.9. The Balaban J connectivity index is 0.00000180. The SMILES string of the molecule is CCC(CC)(CN)C(=O)N1CCC2(CCOC2)C1.Cl. The Morgan fingerprint density at radius 2 is 2.05 bits per heavy atom. The van der Waals surface area contributed by atoms with Crippen LogP contribution in [0.2, 0.25) is 0 Å². The van der Waals surface area contributed by atoms with Gasteiger partial charge in [0.25, 0.3) is 0 Å². The van der Waals surface area contributed by atoms with Gasteiger partial charge in [0.2, 0.25) is 5.91 Å². The van der Waals surface area contributed by atoms with E-state index in [1.165, 1.54) is 0 Å². The molecule has 0 radical (unpaired) electrons. The third kappa shape index (κ3) is 2.91. The van der Waals surface area contributed by atoms with E-state index in [9.17, 15) is 4.79 Å². The van der Waals surface area contributed by atoms with E-state index in [0.29, 0.717) is 6.54 Å². The molecule has 1 unspecified atom stereocenters. The van der Waals surface area contributed by atoms with Crippen LogP contribution in [0.3, 0.4) is 0 Å². The number of amides is 1. The van der Waals surface area contributed by atoms with Crippen molar-refractivity contribution in [3.8, 4) is 0 Å². The normalized spacial score (nSPS) is 26.8. The van der Waals surface area contributed by atoms with E-state index in [2.05, 4.69) is 13.8 Å². The number of hydrogen-bond donors (Lipinski definition) is 1. The number of nitrogens with two attached hydrogens (primary N) is 1. The molecule has 5 heteroatoms. The molecule has 2 N–H and O–H groups in total. The lowest BCUT2D eigenvalue weighted by Crippen LogP contribution is -2.47. The number of halogens is 1. The zero-order chi connectivity index (χ0) is 13.2. The summed E-state index contributed by atoms with van der Waals surface area (Å²) in [5.74, 6) is 0.263. The van der Waals surface area contributed by atoms with Crippen LogP contribution in [0.25, 0.3) is 0 Å². The van der Waals surface area contributed by atoms with Crippen molar-refractivity contribution >= 4 is 18.3 Å². The van der Waals surface area contributed by atoms with E-state index in [0.717, 1.165) is 52.0 Å². The molecule has 2 heterocycles. The average molecular weight is 291 g/mol. The highest BCUT2D eigenvalue weighted by Crippen LogP contribution is 2.40. The molecule has 2 aliphatic heterocycles. The molecular weight excluding hydrogens is 264 g/mol. The summed E-state index contributed by atoms with van der Waals surface area (Å²) in [6.45, 7) is 8.02. The van der Waals surface area contributed by atoms with Crippen molar-refractivity contribution in [3.05, 3.63) is 0 Å². The molecule has 2 fully saturated rings. The third-order valence-corrected chi connectivity index (χ3v) is 5.11. The first-order valence-corrected chi connectivity index (χ1v) is 7.18. The smallest absolute Gasteiger partial charge is 0.230 e. The fourth-order valence-electron chi connectivity index (χ4n) is 3.34.